The fraction of sp³-hybridized carbons (Fsp3) is 0. The molecular formula is C12H7N3SSe. The van der Waals surface area contributed by atoms with Gasteiger partial charge in [0.15, 0.2) is 0 Å². The van der Waals surface area contributed by atoms with Gasteiger partial charge in [0.1, 0.15) is 0 Å². The third kappa shape index (κ3) is 1.77. The van der Waals surface area contributed by atoms with Crippen molar-refractivity contribution in [1.29, 1.82) is 5.26 Å². The van der Waals surface area contributed by atoms with Crippen molar-refractivity contribution >= 4 is 36.5 Å². The molecular weight excluding hydrogens is 297 g/mol. The van der Waals surface area contributed by atoms with E-state index in [0.717, 1.165) is 20.8 Å². The van der Waals surface area contributed by atoms with E-state index in [9.17, 15) is 0 Å². The summed E-state index contributed by atoms with van der Waals surface area (Å²) in [7, 11) is 0. The molecule has 0 N–H and O–H groups in total. The van der Waals surface area contributed by atoms with Crippen LogP contribution in [-0.4, -0.2) is 24.3 Å². The third-order valence-corrected chi connectivity index (χ3v) is 4.68. The molecule has 0 fully saturated rings. The second kappa shape index (κ2) is 4.34. The normalized spacial score (nSPS) is 10.5. The molecule has 0 saturated carbocycles. The van der Waals surface area contributed by atoms with Crippen LogP contribution < -0.4 is 4.59 Å². The number of pyridine rings is 1. The van der Waals surface area contributed by atoms with E-state index < -0.39 is 0 Å². The molecule has 3 rings (SSSR count). The number of thiophene rings is 1. The third-order valence-electron chi connectivity index (χ3n) is 2.38. The summed E-state index contributed by atoms with van der Waals surface area (Å²) in [5, 5.41) is 11.0. The molecule has 3 aromatic rings. The molecule has 0 amide bonds. The van der Waals surface area contributed by atoms with Crippen LogP contribution in [-0.2, 0) is 0 Å². The molecule has 5 heteroatoms. The summed E-state index contributed by atoms with van der Waals surface area (Å²) in [5.41, 5.74) is 1.86. The van der Waals surface area contributed by atoms with E-state index in [1.165, 1.54) is 0 Å². The van der Waals surface area contributed by atoms with Gasteiger partial charge in [-0.2, -0.15) is 0 Å². The zero-order valence-electron chi connectivity index (χ0n) is 8.70. The van der Waals surface area contributed by atoms with Crippen molar-refractivity contribution < 1.29 is 0 Å². The second-order valence-corrected chi connectivity index (χ2v) is 5.94. The monoisotopic (exact) mass is 305 g/mol. The Balaban J connectivity index is 2.31. The first-order valence-corrected chi connectivity index (χ1v) is 7.56. The number of nitrogens with zero attached hydrogens (tertiary/aromatic N) is 3. The van der Waals surface area contributed by atoms with Crippen molar-refractivity contribution in [2.75, 3.05) is 0 Å². The zero-order chi connectivity index (χ0) is 11.7. The van der Waals surface area contributed by atoms with Crippen molar-refractivity contribution in [3.05, 3.63) is 41.9 Å². The number of nitriles is 1. The van der Waals surface area contributed by atoms with Gasteiger partial charge in [0.05, 0.1) is 0 Å². The summed E-state index contributed by atoms with van der Waals surface area (Å²) in [5.74, 6) is 0. The molecule has 0 saturated heterocycles. The number of fused-ring (bicyclic) bond motifs is 1. The minimum atomic E-state index is -0.208. The summed E-state index contributed by atoms with van der Waals surface area (Å²) in [6, 6.07) is 9.94. The van der Waals surface area contributed by atoms with Crippen molar-refractivity contribution in [3.63, 3.8) is 0 Å². The molecule has 0 atom stereocenters. The molecule has 0 radical (unpaired) electrons. The van der Waals surface area contributed by atoms with E-state index in [1.807, 2.05) is 46.3 Å². The van der Waals surface area contributed by atoms with Gasteiger partial charge in [0.2, 0.25) is 0 Å². The molecule has 3 heterocycles. The summed E-state index contributed by atoms with van der Waals surface area (Å²) in [6.45, 7) is 0. The van der Waals surface area contributed by atoms with E-state index in [2.05, 4.69) is 9.95 Å². The first-order chi connectivity index (χ1) is 8.40. The van der Waals surface area contributed by atoms with E-state index in [1.54, 1.807) is 11.3 Å². The van der Waals surface area contributed by atoms with Crippen LogP contribution in [0.5, 0.6) is 0 Å². The van der Waals surface area contributed by atoms with Crippen molar-refractivity contribution in [1.82, 2.24) is 9.38 Å². The fourth-order valence-corrected chi connectivity index (χ4v) is 3.79. The Morgan fingerprint density at radius 2 is 2.24 bits per heavy atom. The summed E-state index contributed by atoms with van der Waals surface area (Å²) in [6.07, 6.45) is 1.97. The molecule has 0 aliphatic rings. The number of hydrogen-bond donors (Lipinski definition) is 0. The first-order valence-electron chi connectivity index (χ1n) is 4.97. The molecule has 0 aliphatic carbocycles. The van der Waals surface area contributed by atoms with Crippen LogP contribution >= 0.6 is 11.3 Å². The van der Waals surface area contributed by atoms with E-state index in [4.69, 9.17) is 5.26 Å². The topological polar surface area (TPSA) is 41.1 Å². The summed E-state index contributed by atoms with van der Waals surface area (Å²) < 4.78 is 3.04. The van der Waals surface area contributed by atoms with E-state index in [0.29, 0.717) is 0 Å². The first kappa shape index (κ1) is 10.5. The van der Waals surface area contributed by atoms with Crippen LogP contribution in [0.1, 0.15) is 0 Å². The van der Waals surface area contributed by atoms with Crippen molar-refractivity contribution in [3.8, 4) is 15.5 Å². The molecule has 0 spiro atoms. The quantitative estimate of drug-likeness (QED) is 0.678. The Hall–Kier alpha value is -1.60. The molecule has 0 bridgehead atoms. The molecule has 82 valence electrons. The maximum atomic E-state index is 8.96. The van der Waals surface area contributed by atoms with Gasteiger partial charge in [-0.1, -0.05) is 0 Å². The van der Waals surface area contributed by atoms with Gasteiger partial charge in [0, 0.05) is 0 Å². The maximum absolute atomic E-state index is 8.96. The molecule has 0 aliphatic heterocycles. The predicted octanol–water partition coefficient (Wildman–Crippen LogP) is 1.87. The summed E-state index contributed by atoms with van der Waals surface area (Å²) in [4.78, 5) is 8.01. The summed E-state index contributed by atoms with van der Waals surface area (Å²) >= 11 is 1.45. The molecule has 0 aromatic carbocycles. The van der Waals surface area contributed by atoms with Gasteiger partial charge in [0.25, 0.3) is 0 Å². The SMILES string of the molecule is N#C[Se]c1c(-c2cccs2)nc2ccccn12. The van der Waals surface area contributed by atoms with Crippen LogP contribution in [0.2, 0.25) is 0 Å². The number of rotatable bonds is 2. The van der Waals surface area contributed by atoms with Crippen molar-refractivity contribution in [2.45, 2.75) is 0 Å². The van der Waals surface area contributed by atoms with Crippen LogP contribution in [0, 0.1) is 10.2 Å². The molecule has 17 heavy (non-hydrogen) atoms. The Morgan fingerprint density at radius 1 is 1.29 bits per heavy atom. The van der Waals surface area contributed by atoms with Crippen LogP contribution in [0.4, 0.5) is 0 Å². The fourth-order valence-electron chi connectivity index (χ4n) is 1.69. The van der Waals surface area contributed by atoms with Gasteiger partial charge >= 0.3 is 109 Å². The average Bonchev–Trinajstić information content (AvgIpc) is 2.97. The molecule has 0 unspecified atom stereocenters. The Labute approximate surface area is 109 Å². The Morgan fingerprint density at radius 3 is 3.00 bits per heavy atom. The van der Waals surface area contributed by atoms with Gasteiger partial charge in [-0.15, -0.1) is 0 Å². The van der Waals surface area contributed by atoms with Crippen molar-refractivity contribution in [2.24, 2.45) is 0 Å². The number of hydrogen-bond acceptors (Lipinski definition) is 3. The zero-order valence-corrected chi connectivity index (χ0v) is 11.2. The van der Waals surface area contributed by atoms with Gasteiger partial charge in [-0.05, 0) is 0 Å². The second-order valence-electron chi connectivity index (χ2n) is 3.37. The van der Waals surface area contributed by atoms with Gasteiger partial charge < -0.3 is 0 Å². The van der Waals surface area contributed by atoms with Crippen LogP contribution in [0.3, 0.4) is 0 Å². The molecule has 3 aromatic heterocycles. The Bertz CT molecular complexity index is 694. The number of aromatic nitrogens is 2. The minimum absolute atomic E-state index is 0.208. The van der Waals surface area contributed by atoms with Crippen LogP contribution in [0.15, 0.2) is 41.9 Å². The number of imidazole rings is 1. The standard InChI is InChI=1S/C12H7N3SSe/c13-8-17-12-11(9-4-3-7-16-9)14-10-5-1-2-6-15(10)12/h1-7H. The Kier molecular flexibility index (Phi) is 2.69. The molecule has 3 nitrogen and oxygen atoms in total. The average molecular weight is 304 g/mol. The van der Waals surface area contributed by atoms with E-state index in [-0.39, 0.29) is 15.0 Å². The van der Waals surface area contributed by atoms with Gasteiger partial charge in [-0.3, -0.25) is 0 Å². The van der Waals surface area contributed by atoms with Gasteiger partial charge in [-0.25, -0.2) is 0 Å². The van der Waals surface area contributed by atoms with Crippen LogP contribution in [0.25, 0.3) is 16.2 Å². The predicted molar refractivity (Wildman–Crippen MR) is 69.5 cm³/mol. The van der Waals surface area contributed by atoms with E-state index >= 15 is 0 Å².